The predicted molar refractivity (Wildman–Crippen MR) is 117 cm³/mol. The van der Waals surface area contributed by atoms with E-state index in [1.54, 1.807) is 12.4 Å². The number of rotatable bonds is 3. The minimum Gasteiger partial charge on any atom is -0.370 e. The zero-order valence-electron chi connectivity index (χ0n) is 16.2. The zero-order valence-corrected chi connectivity index (χ0v) is 16.2. The van der Waals surface area contributed by atoms with E-state index < -0.39 is 0 Å². The Morgan fingerprint density at radius 2 is 1.80 bits per heavy atom. The van der Waals surface area contributed by atoms with Crippen LogP contribution in [0.1, 0.15) is 22.6 Å². The van der Waals surface area contributed by atoms with Crippen LogP contribution in [0, 0.1) is 23.7 Å². The highest BCUT2D eigenvalue weighted by Gasteiger charge is 2.28. The Kier molecular flexibility index (Phi) is 4.35. The SMILES string of the molecule is C#Cc1cc(C2CN(c3cccc(-c4cnc5cnncc5c4)c3)C2)ccc1C#N. The van der Waals surface area contributed by atoms with Gasteiger partial charge in [0.25, 0.3) is 0 Å². The van der Waals surface area contributed by atoms with Crippen LogP contribution in [0.5, 0.6) is 0 Å². The molecule has 3 heterocycles. The third-order valence-electron chi connectivity index (χ3n) is 5.61. The highest BCUT2D eigenvalue weighted by molar-refractivity contribution is 5.82. The molecule has 2 aromatic carbocycles. The molecule has 2 aromatic heterocycles. The lowest BCUT2D eigenvalue weighted by molar-refractivity contribution is 0.525. The first-order valence-electron chi connectivity index (χ1n) is 9.67. The minimum atomic E-state index is 0.411. The van der Waals surface area contributed by atoms with Crippen LogP contribution in [0.15, 0.2) is 67.1 Å². The fourth-order valence-electron chi connectivity index (χ4n) is 3.86. The number of terminal acetylenes is 1. The Morgan fingerprint density at radius 1 is 0.933 bits per heavy atom. The lowest BCUT2D eigenvalue weighted by Crippen LogP contribution is -2.45. The van der Waals surface area contributed by atoms with Gasteiger partial charge in [-0.15, -0.1) is 6.42 Å². The van der Waals surface area contributed by atoms with Crippen molar-refractivity contribution in [2.24, 2.45) is 0 Å². The van der Waals surface area contributed by atoms with E-state index in [4.69, 9.17) is 11.7 Å². The second-order valence-electron chi connectivity index (χ2n) is 7.40. The van der Waals surface area contributed by atoms with Crippen molar-refractivity contribution < 1.29 is 0 Å². The van der Waals surface area contributed by atoms with Crippen LogP contribution in [-0.4, -0.2) is 28.3 Å². The van der Waals surface area contributed by atoms with Crippen molar-refractivity contribution >= 4 is 16.6 Å². The highest BCUT2D eigenvalue weighted by atomic mass is 15.2. The monoisotopic (exact) mass is 387 g/mol. The number of benzene rings is 2. The van der Waals surface area contributed by atoms with Crippen LogP contribution in [0.2, 0.25) is 0 Å². The van der Waals surface area contributed by atoms with Crippen molar-refractivity contribution in [3.8, 4) is 29.5 Å². The number of hydrogen-bond donors (Lipinski definition) is 0. The molecular formula is C25H17N5. The third kappa shape index (κ3) is 3.13. The molecule has 5 heteroatoms. The molecule has 1 saturated heterocycles. The average Bonchev–Trinajstić information content (AvgIpc) is 2.78. The molecule has 0 atom stereocenters. The zero-order chi connectivity index (χ0) is 20.5. The van der Waals surface area contributed by atoms with Crippen molar-refractivity contribution in [2.45, 2.75) is 5.92 Å². The van der Waals surface area contributed by atoms with Gasteiger partial charge in [0.05, 0.1) is 23.5 Å². The first-order valence-corrected chi connectivity index (χ1v) is 9.67. The van der Waals surface area contributed by atoms with E-state index in [9.17, 15) is 0 Å². The smallest absolute Gasteiger partial charge is 0.100 e. The highest BCUT2D eigenvalue weighted by Crippen LogP contribution is 2.34. The van der Waals surface area contributed by atoms with Gasteiger partial charge in [0.15, 0.2) is 0 Å². The Labute approximate surface area is 174 Å². The fraction of sp³-hybridized carbons (Fsp3) is 0.120. The van der Waals surface area contributed by atoms with Crippen molar-refractivity contribution in [2.75, 3.05) is 18.0 Å². The molecule has 0 aliphatic carbocycles. The summed E-state index contributed by atoms with van der Waals surface area (Å²) in [5.41, 5.74) is 6.61. The summed E-state index contributed by atoms with van der Waals surface area (Å²) < 4.78 is 0. The maximum absolute atomic E-state index is 9.15. The van der Waals surface area contributed by atoms with E-state index in [-0.39, 0.29) is 0 Å². The summed E-state index contributed by atoms with van der Waals surface area (Å²) in [4.78, 5) is 6.84. The van der Waals surface area contributed by atoms with Crippen LogP contribution >= 0.6 is 0 Å². The Morgan fingerprint density at radius 3 is 2.63 bits per heavy atom. The average molecular weight is 387 g/mol. The van der Waals surface area contributed by atoms with Gasteiger partial charge in [0, 0.05) is 47.4 Å². The topological polar surface area (TPSA) is 65.7 Å². The fourth-order valence-corrected chi connectivity index (χ4v) is 3.86. The molecule has 4 aromatic rings. The first kappa shape index (κ1) is 17.8. The van der Waals surface area contributed by atoms with Gasteiger partial charge in [0.1, 0.15) is 6.07 Å². The molecule has 0 spiro atoms. The number of anilines is 1. The van der Waals surface area contributed by atoms with Gasteiger partial charge >= 0.3 is 0 Å². The molecule has 0 unspecified atom stereocenters. The van der Waals surface area contributed by atoms with Gasteiger partial charge in [-0.3, -0.25) is 4.98 Å². The van der Waals surface area contributed by atoms with Gasteiger partial charge < -0.3 is 4.90 Å². The van der Waals surface area contributed by atoms with Crippen LogP contribution in [0.3, 0.4) is 0 Å². The number of nitrogens with zero attached hydrogens (tertiary/aromatic N) is 5. The van der Waals surface area contributed by atoms with Gasteiger partial charge in [-0.1, -0.05) is 24.1 Å². The Balaban J connectivity index is 1.36. The molecule has 30 heavy (non-hydrogen) atoms. The number of aromatic nitrogens is 3. The summed E-state index contributed by atoms with van der Waals surface area (Å²) in [6, 6.07) is 18.5. The second-order valence-corrected chi connectivity index (χ2v) is 7.40. The molecule has 0 radical (unpaired) electrons. The number of hydrogen-bond acceptors (Lipinski definition) is 5. The van der Waals surface area contributed by atoms with E-state index >= 15 is 0 Å². The van der Waals surface area contributed by atoms with Gasteiger partial charge in [-0.25, -0.2) is 0 Å². The standard InChI is InChI=1S/C25H17N5/c1-2-17-8-19(6-7-20(17)11-26)23-15-30(16-23)24-5-3-4-18(10-24)21-9-22-13-28-29-14-25(22)27-12-21/h1,3-10,12-14,23H,15-16H2. The summed E-state index contributed by atoms with van der Waals surface area (Å²) in [5, 5.41) is 18.0. The molecule has 142 valence electrons. The quantitative estimate of drug-likeness (QED) is 0.494. The molecule has 5 rings (SSSR count). The minimum absolute atomic E-state index is 0.411. The molecular weight excluding hydrogens is 370 g/mol. The van der Waals surface area contributed by atoms with Gasteiger partial charge in [-0.05, 0) is 41.5 Å². The van der Waals surface area contributed by atoms with Crippen molar-refractivity contribution in [3.05, 3.63) is 83.8 Å². The summed E-state index contributed by atoms with van der Waals surface area (Å²) >= 11 is 0. The number of pyridine rings is 1. The predicted octanol–water partition coefficient (Wildman–Crippen LogP) is 4.15. The largest absolute Gasteiger partial charge is 0.370 e. The third-order valence-corrected chi connectivity index (χ3v) is 5.61. The van der Waals surface area contributed by atoms with E-state index in [0.717, 1.165) is 35.1 Å². The molecule has 0 N–H and O–H groups in total. The maximum Gasteiger partial charge on any atom is 0.100 e. The van der Waals surface area contributed by atoms with E-state index in [1.807, 2.05) is 24.4 Å². The summed E-state index contributed by atoms with van der Waals surface area (Å²) in [6.07, 6.45) is 10.8. The number of fused-ring (bicyclic) bond motifs is 1. The van der Waals surface area contributed by atoms with Gasteiger partial charge in [0.2, 0.25) is 0 Å². The van der Waals surface area contributed by atoms with Crippen LogP contribution in [0.25, 0.3) is 22.0 Å². The molecule has 1 aliphatic heterocycles. The molecule has 1 aliphatic rings. The molecule has 5 nitrogen and oxygen atoms in total. The number of nitriles is 1. The van der Waals surface area contributed by atoms with Crippen molar-refractivity contribution in [1.29, 1.82) is 5.26 Å². The lowest BCUT2D eigenvalue weighted by Gasteiger charge is -2.41. The maximum atomic E-state index is 9.15. The summed E-state index contributed by atoms with van der Waals surface area (Å²) in [5.74, 6) is 3.03. The van der Waals surface area contributed by atoms with Crippen molar-refractivity contribution in [3.63, 3.8) is 0 Å². The van der Waals surface area contributed by atoms with E-state index in [0.29, 0.717) is 17.0 Å². The Bertz CT molecular complexity index is 1340. The van der Waals surface area contributed by atoms with Crippen LogP contribution in [-0.2, 0) is 0 Å². The summed E-state index contributed by atoms with van der Waals surface area (Å²) in [6.45, 7) is 1.84. The molecule has 1 fully saturated rings. The molecule has 0 saturated carbocycles. The van der Waals surface area contributed by atoms with Crippen LogP contribution in [0.4, 0.5) is 5.69 Å². The second kappa shape index (κ2) is 7.31. The molecule has 0 amide bonds. The van der Waals surface area contributed by atoms with Crippen molar-refractivity contribution in [1.82, 2.24) is 15.2 Å². The van der Waals surface area contributed by atoms with Gasteiger partial charge in [-0.2, -0.15) is 15.5 Å². The first-order chi connectivity index (χ1) is 14.7. The normalized spacial score (nSPS) is 13.5. The lowest BCUT2D eigenvalue weighted by atomic mass is 9.88. The summed E-state index contributed by atoms with van der Waals surface area (Å²) in [7, 11) is 0. The Hall–Kier alpha value is -4.22. The van der Waals surface area contributed by atoms with E-state index in [1.165, 1.54) is 11.3 Å². The van der Waals surface area contributed by atoms with E-state index in [2.05, 4.69) is 62.4 Å². The molecule has 0 bridgehead atoms. The van der Waals surface area contributed by atoms with Crippen LogP contribution < -0.4 is 4.90 Å².